The van der Waals surface area contributed by atoms with Gasteiger partial charge in [0.05, 0.1) is 5.56 Å². The number of rotatable bonds is 5. The maximum absolute atomic E-state index is 11.9. The molecule has 2 amide bonds. The van der Waals surface area contributed by atoms with E-state index in [1.807, 2.05) is 19.0 Å². The van der Waals surface area contributed by atoms with Crippen molar-refractivity contribution in [3.63, 3.8) is 0 Å². The summed E-state index contributed by atoms with van der Waals surface area (Å²) in [6, 6.07) is 13.4. The van der Waals surface area contributed by atoms with Crippen molar-refractivity contribution >= 4 is 39.4 Å². The first-order valence-electron chi connectivity index (χ1n) is 7.66. The predicted molar refractivity (Wildman–Crippen MR) is 101 cm³/mol. The Hall–Kier alpha value is -2.87. The number of hydrogen-bond donors (Lipinski definition) is 2. The molecular formula is C18H18BrN3O4. The van der Waals surface area contributed by atoms with Crippen LogP contribution >= 0.6 is 15.9 Å². The zero-order valence-electron chi connectivity index (χ0n) is 14.3. The number of anilines is 1. The topological polar surface area (TPSA) is 87.7 Å². The molecule has 7 nitrogen and oxygen atoms in total. The van der Waals surface area contributed by atoms with Crippen molar-refractivity contribution in [2.24, 2.45) is 0 Å². The molecule has 8 heteroatoms. The summed E-state index contributed by atoms with van der Waals surface area (Å²) in [6.07, 6.45) is 0. The summed E-state index contributed by atoms with van der Waals surface area (Å²) in [5.41, 5.74) is 6.10. The highest BCUT2D eigenvalue weighted by Gasteiger charge is 2.12. The molecule has 0 aliphatic rings. The van der Waals surface area contributed by atoms with Crippen molar-refractivity contribution in [3.8, 4) is 0 Å². The Balaban J connectivity index is 1.78. The standard InChI is InChI=1S/C18H18BrN3O4/c1-22(2)15-9-5-13(6-10-15)18(25)26-11-16(23)20-21-17(24)12-3-7-14(19)8-4-12/h3-10H,11H2,1-2H3,(H,20,23)(H,21,24). The van der Waals surface area contributed by atoms with Crippen LogP contribution in [-0.2, 0) is 9.53 Å². The number of halogens is 1. The minimum absolute atomic E-state index is 0.335. The number of carbonyl (C=O) groups is 3. The Morgan fingerprint density at radius 1 is 0.923 bits per heavy atom. The van der Waals surface area contributed by atoms with E-state index in [0.29, 0.717) is 11.1 Å². The Morgan fingerprint density at radius 2 is 1.50 bits per heavy atom. The molecule has 0 bridgehead atoms. The highest BCUT2D eigenvalue weighted by molar-refractivity contribution is 9.10. The molecule has 0 aromatic heterocycles. The van der Waals surface area contributed by atoms with Gasteiger partial charge in [-0.15, -0.1) is 0 Å². The molecule has 0 aliphatic carbocycles. The lowest BCUT2D eigenvalue weighted by molar-refractivity contribution is -0.125. The van der Waals surface area contributed by atoms with Crippen LogP contribution in [0.2, 0.25) is 0 Å². The monoisotopic (exact) mass is 419 g/mol. The Labute approximate surface area is 159 Å². The number of hydrogen-bond acceptors (Lipinski definition) is 5. The minimum Gasteiger partial charge on any atom is -0.452 e. The van der Waals surface area contributed by atoms with Crippen LogP contribution in [0.5, 0.6) is 0 Å². The molecule has 0 unspecified atom stereocenters. The van der Waals surface area contributed by atoms with Gasteiger partial charge in [-0.25, -0.2) is 4.79 Å². The van der Waals surface area contributed by atoms with Crippen LogP contribution in [0.1, 0.15) is 20.7 Å². The van der Waals surface area contributed by atoms with Crippen molar-refractivity contribution < 1.29 is 19.1 Å². The number of hydrazine groups is 1. The maximum atomic E-state index is 11.9. The molecule has 2 aromatic rings. The van der Waals surface area contributed by atoms with Crippen LogP contribution in [0.15, 0.2) is 53.0 Å². The summed E-state index contributed by atoms with van der Waals surface area (Å²) in [4.78, 5) is 37.4. The lowest BCUT2D eigenvalue weighted by Crippen LogP contribution is -2.43. The third kappa shape index (κ3) is 5.59. The summed E-state index contributed by atoms with van der Waals surface area (Å²) in [5.74, 6) is -1.74. The SMILES string of the molecule is CN(C)c1ccc(C(=O)OCC(=O)NNC(=O)c2ccc(Br)cc2)cc1. The van der Waals surface area contributed by atoms with E-state index in [2.05, 4.69) is 26.8 Å². The summed E-state index contributed by atoms with van der Waals surface area (Å²) in [5, 5.41) is 0. The third-order valence-corrected chi connectivity index (χ3v) is 3.90. The van der Waals surface area contributed by atoms with E-state index in [1.165, 1.54) is 0 Å². The van der Waals surface area contributed by atoms with Gasteiger partial charge in [0.2, 0.25) is 0 Å². The van der Waals surface area contributed by atoms with Crippen molar-refractivity contribution in [2.45, 2.75) is 0 Å². The van der Waals surface area contributed by atoms with E-state index in [4.69, 9.17) is 4.74 Å². The van der Waals surface area contributed by atoms with Gasteiger partial charge >= 0.3 is 5.97 Å². The second kappa shape index (κ2) is 9.00. The normalized spacial score (nSPS) is 9.96. The van der Waals surface area contributed by atoms with E-state index in [-0.39, 0.29) is 0 Å². The smallest absolute Gasteiger partial charge is 0.338 e. The molecule has 0 fully saturated rings. The van der Waals surface area contributed by atoms with Crippen molar-refractivity contribution in [3.05, 3.63) is 64.1 Å². The Morgan fingerprint density at radius 3 is 2.08 bits per heavy atom. The van der Waals surface area contributed by atoms with Crippen LogP contribution in [-0.4, -0.2) is 38.5 Å². The fraction of sp³-hybridized carbons (Fsp3) is 0.167. The second-order valence-electron chi connectivity index (χ2n) is 5.53. The van der Waals surface area contributed by atoms with Crippen LogP contribution in [0.25, 0.3) is 0 Å². The highest BCUT2D eigenvalue weighted by atomic mass is 79.9. The lowest BCUT2D eigenvalue weighted by Gasteiger charge is -2.12. The van der Waals surface area contributed by atoms with Crippen molar-refractivity contribution in [1.82, 2.24) is 10.9 Å². The fourth-order valence-corrected chi connectivity index (χ4v) is 2.21. The lowest BCUT2D eigenvalue weighted by atomic mass is 10.2. The molecular weight excluding hydrogens is 402 g/mol. The molecule has 2 rings (SSSR count). The van der Waals surface area contributed by atoms with Crippen molar-refractivity contribution in [1.29, 1.82) is 0 Å². The van der Waals surface area contributed by atoms with E-state index in [0.717, 1.165) is 10.2 Å². The summed E-state index contributed by atoms with van der Waals surface area (Å²) in [7, 11) is 3.78. The Kier molecular flexibility index (Phi) is 6.74. The number of carbonyl (C=O) groups excluding carboxylic acids is 3. The zero-order chi connectivity index (χ0) is 19.1. The fourth-order valence-electron chi connectivity index (χ4n) is 1.95. The zero-order valence-corrected chi connectivity index (χ0v) is 15.9. The number of ether oxygens (including phenoxy) is 1. The first kappa shape index (κ1) is 19.5. The molecule has 0 spiro atoms. The average Bonchev–Trinajstić information content (AvgIpc) is 2.64. The van der Waals surface area contributed by atoms with Crippen LogP contribution < -0.4 is 15.8 Å². The molecule has 0 atom stereocenters. The summed E-state index contributed by atoms with van der Waals surface area (Å²) < 4.78 is 5.76. The van der Waals surface area contributed by atoms with E-state index >= 15 is 0 Å². The van der Waals surface area contributed by atoms with E-state index in [9.17, 15) is 14.4 Å². The van der Waals surface area contributed by atoms with Gasteiger partial charge in [0, 0.05) is 29.8 Å². The summed E-state index contributed by atoms with van der Waals surface area (Å²) >= 11 is 3.27. The largest absolute Gasteiger partial charge is 0.452 e. The van der Waals surface area contributed by atoms with Gasteiger partial charge in [-0.3, -0.25) is 20.4 Å². The molecule has 26 heavy (non-hydrogen) atoms. The van der Waals surface area contributed by atoms with Crippen LogP contribution in [0, 0.1) is 0 Å². The third-order valence-electron chi connectivity index (χ3n) is 3.38. The molecule has 136 valence electrons. The average molecular weight is 420 g/mol. The van der Waals surface area contributed by atoms with Crippen molar-refractivity contribution in [2.75, 3.05) is 25.6 Å². The van der Waals surface area contributed by atoms with Gasteiger partial charge in [-0.05, 0) is 48.5 Å². The number of nitrogens with zero attached hydrogens (tertiary/aromatic N) is 1. The number of benzene rings is 2. The summed E-state index contributed by atoms with van der Waals surface area (Å²) in [6.45, 7) is -0.505. The molecule has 0 saturated heterocycles. The predicted octanol–water partition coefficient (Wildman–Crippen LogP) is 2.13. The molecule has 0 aliphatic heterocycles. The van der Waals surface area contributed by atoms with Gasteiger partial charge in [0.1, 0.15) is 0 Å². The Bertz CT molecular complexity index is 789. The number of nitrogens with one attached hydrogen (secondary N) is 2. The molecule has 0 heterocycles. The van der Waals surface area contributed by atoms with Crippen LogP contribution in [0.4, 0.5) is 5.69 Å². The van der Waals surface area contributed by atoms with Crippen LogP contribution in [0.3, 0.4) is 0 Å². The number of amides is 2. The molecule has 2 aromatic carbocycles. The first-order valence-corrected chi connectivity index (χ1v) is 8.45. The van der Waals surface area contributed by atoms with E-state index < -0.39 is 24.4 Å². The van der Waals surface area contributed by atoms with Gasteiger partial charge in [-0.1, -0.05) is 15.9 Å². The maximum Gasteiger partial charge on any atom is 0.338 e. The van der Waals surface area contributed by atoms with E-state index in [1.54, 1.807) is 48.5 Å². The molecule has 0 saturated carbocycles. The molecule has 2 N–H and O–H groups in total. The number of esters is 1. The quantitative estimate of drug-likeness (QED) is 0.572. The second-order valence-corrected chi connectivity index (χ2v) is 6.44. The van der Waals surface area contributed by atoms with Gasteiger partial charge in [0.15, 0.2) is 6.61 Å². The van der Waals surface area contributed by atoms with Gasteiger partial charge in [0.25, 0.3) is 11.8 Å². The van der Waals surface area contributed by atoms with Gasteiger partial charge in [-0.2, -0.15) is 0 Å². The van der Waals surface area contributed by atoms with Gasteiger partial charge < -0.3 is 9.64 Å². The molecule has 0 radical (unpaired) electrons. The minimum atomic E-state index is -0.645. The highest BCUT2D eigenvalue weighted by Crippen LogP contribution is 2.13. The first-order chi connectivity index (χ1) is 12.4.